The van der Waals surface area contributed by atoms with Crippen molar-refractivity contribution < 1.29 is 5.11 Å². The lowest BCUT2D eigenvalue weighted by molar-refractivity contribution is 0.424. The van der Waals surface area contributed by atoms with Crippen LogP contribution in [0.3, 0.4) is 0 Å². The third kappa shape index (κ3) is 0.482. The summed E-state index contributed by atoms with van der Waals surface area (Å²) in [4.78, 5) is 0. The van der Waals surface area contributed by atoms with Gasteiger partial charge < -0.3 is 5.11 Å². The Morgan fingerprint density at radius 2 is 2.67 bits per heavy atom. The predicted octanol–water partition coefficient (Wildman–Crippen LogP) is 1.43. The second-order valence-electron chi connectivity index (χ2n) is 1.41. The van der Waals surface area contributed by atoms with E-state index in [1.807, 2.05) is 12.5 Å². The molecular weight excluding hydrogens is 76.1 g/mol. The summed E-state index contributed by atoms with van der Waals surface area (Å²) in [6.45, 7) is 0. The van der Waals surface area contributed by atoms with E-state index < -0.39 is 0 Å². The smallest absolute Gasteiger partial charge is 0.273 e. The van der Waals surface area contributed by atoms with Crippen LogP contribution in [0, 0.1) is 6.42 Å². The molecule has 1 nitrogen and oxygen atoms in total. The van der Waals surface area contributed by atoms with E-state index in [1.165, 1.54) is 0 Å². The van der Waals surface area contributed by atoms with Crippen LogP contribution in [-0.4, -0.2) is 5.11 Å². The topological polar surface area (TPSA) is 20.2 Å². The molecule has 0 unspecified atom stereocenters. The van der Waals surface area contributed by atoms with Gasteiger partial charge in [-0.2, -0.15) is 0 Å². The number of aliphatic hydroxyl groups excluding tert-OH is 1. The number of allylic oxidation sites excluding steroid dienone is 2. The molecule has 0 fully saturated rings. The minimum Gasteiger partial charge on any atom is -0.478 e. The molecule has 6 heavy (non-hydrogen) atoms. The fraction of sp³-hybridized carbons (Fsp3) is 0.400. The van der Waals surface area contributed by atoms with Gasteiger partial charge in [0, 0.05) is 0 Å². The Bertz CT molecular complexity index is 74.0. The van der Waals surface area contributed by atoms with E-state index in [1.54, 1.807) is 0 Å². The number of aliphatic hydroxyl groups is 1. The molecule has 1 rings (SSSR count). The first-order chi connectivity index (χ1) is 2.89. The van der Waals surface area contributed by atoms with Crippen LogP contribution >= 0.6 is 0 Å². The molecule has 0 atom stereocenters. The first-order valence-electron chi connectivity index (χ1n) is 2.12. The van der Waals surface area contributed by atoms with Gasteiger partial charge in [0.05, 0.1) is 25.3 Å². The van der Waals surface area contributed by atoms with Crippen molar-refractivity contribution in [2.24, 2.45) is 0 Å². The summed E-state index contributed by atoms with van der Waals surface area (Å²) in [6.07, 6.45) is 5.68. The summed E-state index contributed by atoms with van der Waals surface area (Å²) in [6, 6.07) is 0. The van der Waals surface area contributed by atoms with E-state index in [9.17, 15) is 0 Å². The minimum absolute atomic E-state index is 0.454. The van der Waals surface area contributed by atoms with Crippen LogP contribution in [0.2, 0.25) is 0 Å². The van der Waals surface area contributed by atoms with Gasteiger partial charge in [-0.3, -0.25) is 0 Å². The Kier molecular flexibility index (Phi) is 0.748. The SMILES string of the molecule is OC1=CCC[CH+]1. The van der Waals surface area contributed by atoms with Crippen molar-refractivity contribution in [1.29, 1.82) is 0 Å². The maximum atomic E-state index is 8.53. The molecule has 0 saturated heterocycles. The molecule has 32 valence electrons. The van der Waals surface area contributed by atoms with Gasteiger partial charge in [0.2, 0.25) is 0 Å². The highest BCUT2D eigenvalue weighted by Gasteiger charge is 2.09. The quantitative estimate of drug-likeness (QED) is 0.439. The molecule has 1 heteroatoms. The fourth-order valence-corrected chi connectivity index (χ4v) is 0.546. The Morgan fingerprint density at radius 1 is 1.83 bits per heavy atom. The van der Waals surface area contributed by atoms with E-state index in [0.29, 0.717) is 5.76 Å². The molecule has 0 bridgehead atoms. The molecule has 0 saturated carbocycles. The van der Waals surface area contributed by atoms with Crippen molar-refractivity contribution in [3.05, 3.63) is 18.3 Å². The van der Waals surface area contributed by atoms with Gasteiger partial charge in [-0.05, 0) is 0 Å². The van der Waals surface area contributed by atoms with Gasteiger partial charge in [-0.25, -0.2) is 0 Å². The highest BCUT2D eigenvalue weighted by Crippen LogP contribution is 2.11. The van der Waals surface area contributed by atoms with Crippen LogP contribution in [0.1, 0.15) is 12.8 Å². The van der Waals surface area contributed by atoms with Gasteiger partial charge in [0.1, 0.15) is 0 Å². The van der Waals surface area contributed by atoms with Gasteiger partial charge in [-0.15, -0.1) is 0 Å². The Morgan fingerprint density at radius 3 is 2.83 bits per heavy atom. The number of hydrogen-bond donors (Lipinski definition) is 1. The highest BCUT2D eigenvalue weighted by atomic mass is 16.3. The van der Waals surface area contributed by atoms with Gasteiger partial charge in [-0.1, -0.05) is 0 Å². The summed E-state index contributed by atoms with van der Waals surface area (Å²) in [7, 11) is 0. The monoisotopic (exact) mass is 83.0 g/mol. The lowest BCUT2D eigenvalue weighted by Crippen LogP contribution is -1.68. The van der Waals surface area contributed by atoms with Gasteiger partial charge in [0.15, 0.2) is 0 Å². The van der Waals surface area contributed by atoms with Crippen molar-refractivity contribution in [2.45, 2.75) is 12.8 Å². The summed E-state index contributed by atoms with van der Waals surface area (Å²) in [5, 5.41) is 8.53. The van der Waals surface area contributed by atoms with E-state index in [2.05, 4.69) is 0 Å². The lowest BCUT2D eigenvalue weighted by atomic mass is 10.4. The van der Waals surface area contributed by atoms with E-state index in [4.69, 9.17) is 5.11 Å². The number of rotatable bonds is 0. The minimum atomic E-state index is 0.454. The normalized spacial score (nSPS) is 19.7. The Labute approximate surface area is 37.3 Å². The molecule has 0 spiro atoms. The molecule has 1 aliphatic rings. The lowest BCUT2D eigenvalue weighted by Gasteiger charge is -1.69. The highest BCUT2D eigenvalue weighted by molar-refractivity contribution is 5.09. The molecule has 0 amide bonds. The summed E-state index contributed by atoms with van der Waals surface area (Å²) in [5.41, 5.74) is 0. The van der Waals surface area contributed by atoms with Gasteiger partial charge in [0.25, 0.3) is 5.76 Å². The second-order valence-corrected chi connectivity index (χ2v) is 1.41. The molecular formula is C5H7O+. The maximum Gasteiger partial charge on any atom is 0.273 e. The predicted molar refractivity (Wildman–Crippen MR) is 24.2 cm³/mol. The average Bonchev–Trinajstić information content (AvgIpc) is 1.86. The maximum absolute atomic E-state index is 8.53. The van der Waals surface area contributed by atoms with Crippen molar-refractivity contribution in [1.82, 2.24) is 0 Å². The first-order valence-corrected chi connectivity index (χ1v) is 2.12. The first kappa shape index (κ1) is 3.59. The summed E-state index contributed by atoms with van der Waals surface area (Å²) < 4.78 is 0. The van der Waals surface area contributed by atoms with Crippen molar-refractivity contribution in [2.75, 3.05) is 0 Å². The molecule has 1 aliphatic carbocycles. The fourth-order valence-electron chi connectivity index (χ4n) is 0.546. The number of hydrogen-bond acceptors (Lipinski definition) is 1. The standard InChI is InChI=1S/C5H6O/c6-5-3-1-2-4-5/h3-4H,1-2H2/p+1. The largest absolute Gasteiger partial charge is 0.478 e. The third-order valence-electron chi connectivity index (χ3n) is 0.874. The van der Waals surface area contributed by atoms with Crippen LogP contribution in [-0.2, 0) is 0 Å². The van der Waals surface area contributed by atoms with Crippen LogP contribution < -0.4 is 0 Å². The Hall–Kier alpha value is -0.590. The van der Waals surface area contributed by atoms with Crippen LogP contribution in [0.4, 0.5) is 0 Å². The molecule has 0 radical (unpaired) electrons. The van der Waals surface area contributed by atoms with Crippen molar-refractivity contribution in [3.63, 3.8) is 0 Å². The second kappa shape index (κ2) is 1.25. The van der Waals surface area contributed by atoms with Crippen LogP contribution in [0.25, 0.3) is 0 Å². The zero-order chi connectivity index (χ0) is 4.41. The average molecular weight is 83.1 g/mol. The molecule has 0 heterocycles. The summed E-state index contributed by atoms with van der Waals surface area (Å²) >= 11 is 0. The van der Waals surface area contributed by atoms with Crippen LogP contribution in [0.15, 0.2) is 11.8 Å². The van der Waals surface area contributed by atoms with E-state index in [-0.39, 0.29) is 0 Å². The zero-order valence-corrected chi connectivity index (χ0v) is 3.52. The van der Waals surface area contributed by atoms with E-state index >= 15 is 0 Å². The molecule has 0 aromatic heterocycles. The van der Waals surface area contributed by atoms with Gasteiger partial charge >= 0.3 is 0 Å². The van der Waals surface area contributed by atoms with Crippen LogP contribution in [0.5, 0.6) is 0 Å². The molecule has 0 aliphatic heterocycles. The summed E-state index contributed by atoms with van der Waals surface area (Å²) in [5.74, 6) is 0.454. The third-order valence-corrected chi connectivity index (χ3v) is 0.874. The van der Waals surface area contributed by atoms with Crippen molar-refractivity contribution >= 4 is 0 Å². The zero-order valence-electron chi connectivity index (χ0n) is 3.52. The molecule has 0 aromatic carbocycles. The van der Waals surface area contributed by atoms with Crippen molar-refractivity contribution in [3.8, 4) is 0 Å². The molecule has 0 aromatic rings. The Balaban J connectivity index is 2.45. The molecule has 1 N–H and O–H groups in total. The van der Waals surface area contributed by atoms with E-state index in [0.717, 1.165) is 12.8 Å².